The Morgan fingerprint density at radius 1 is 1.00 bits per heavy atom. The zero-order valence-electron chi connectivity index (χ0n) is 18.2. The van der Waals surface area contributed by atoms with Crippen LogP contribution in [0.25, 0.3) is 0 Å². The summed E-state index contributed by atoms with van der Waals surface area (Å²) in [5.74, 6) is 0.833. The minimum Gasteiger partial charge on any atom is -0.406 e. The van der Waals surface area contributed by atoms with E-state index in [9.17, 15) is 13.2 Å². The van der Waals surface area contributed by atoms with Crippen molar-refractivity contribution in [2.24, 2.45) is 16.6 Å². The van der Waals surface area contributed by atoms with Crippen molar-refractivity contribution in [3.8, 4) is 5.75 Å². The molecule has 1 saturated carbocycles. The first-order valence-corrected chi connectivity index (χ1v) is 10.8. The predicted molar refractivity (Wildman–Crippen MR) is 135 cm³/mol. The maximum atomic E-state index is 12.2. The van der Waals surface area contributed by atoms with Gasteiger partial charge in [0.15, 0.2) is 5.96 Å². The molecule has 2 fully saturated rings. The van der Waals surface area contributed by atoms with Gasteiger partial charge in [-0.2, -0.15) is 0 Å². The van der Waals surface area contributed by atoms with Gasteiger partial charge in [0.1, 0.15) is 5.75 Å². The maximum absolute atomic E-state index is 12.2. The molecule has 1 saturated heterocycles. The van der Waals surface area contributed by atoms with E-state index in [4.69, 9.17) is 5.73 Å². The molecule has 180 valence electrons. The molecule has 4 rings (SSSR count). The van der Waals surface area contributed by atoms with Gasteiger partial charge in [0.2, 0.25) is 0 Å². The fraction of sp³-hybridized carbons (Fsp3) is 0.435. The van der Waals surface area contributed by atoms with Crippen molar-refractivity contribution in [1.29, 1.82) is 0 Å². The van der Waals surface area contributed by atoms with Crippen molar-refractivity contribution in [3.63, 3.8) is 0 Å². The van der Waals surface area contributed by atoms with Gasteiger partial charge in [-0.05, 0) is 60.7 Å². The van der Waals surface area contributed by atoms with E-state index in [0.717, 1.165) is 37.7 Å². The molecular formula is C23H29F3IN5O. The molecule has 1 aliphatic carbocycles. The third kappa shape index (κ3) is 8.26. The van der Waals surface area contributed by atoms with Crippen LogP contribution in [0.3, 0.4) is 0 Å². The second-order valence-corrected chi connectivity index (χ2v) is 8.30. The largest absolute Gasteiger partial charge is 0.573 e. The van der Waals surface area contributed by atoms with E-state index >= 15 is 0 Å². The van der Waals surface area contributed by atoms with Crippen LogP contribution in [0.2, 0.25) is 0 Å². The minimum absolute atomic E-state index is 0. The third-order valence-corrected chi connectivity index (χ3v) is 5.68. The van der Waals surface area contributed by atoms with Crippen LogP contribution in [-0.4, -0.2) is 49.9 Å². The van der Waals surface area contributed by atoms with Gasteiger partial charge in [0.25, 0.3) is 0 Å². The second kappa shape index (κ2) is 11.3. The van der Waals surface area contributed by atoms with Gasteiger partial charge in [-0.15, -0.1) is 37.1 Å². The number of hydrogen-bond acceptors (Lipinski definition) is 4. The highest BCUT2D eigenvalue weighted by Gasteiger charge is 2.31. The number of halogens is 4. The van der Waals surface area contributed by atoms with Crippen molar-refractivity contribution in [3.05, 3.63) is 54.1 Å². The Hall–Kier alpha value is -2.21. The Kier molecular flexibility index (Phi) is 8.69. The summed E-state index contributed by atoms with van der Waals surface area (Å²) in [6.07, 6.45) is -1.92. The first-order valence-electron chi connectivity index (χ1n) is 10.8. The van der Waals surface area contributed by atoms with Crippen molar-refractivity contribution < 1.29 is 17.9 Å². The minimum atomic E-state index is -4.71. The average Bonchev–Trinajstić information content (AvgIpc) is 3.58. The van der Waals surface area contributed by atoms with Crippen LogP contribution in [0.15, 0.2) is 53.5 Å². The molecule has 0 amide bonds. The summed E-state index contributed by atoms with van der Waals surface area (Å²) < 4.78 is 40.5. The third-order valence-electron chi connectivity index (χ3n) is 5.68. The molecule has 0 spiro atoms. The Balaban J connectivity index is 0.00000306. The molecule has 2 aliphatic rings. The van der Waals surface area contributed by atoms with Crippen LogP contribution in [0.1, 0.15) is 18.4 Å². The molecule has 0 bridgehead atoms. The average molecular weight is 575 g/mol. The first kappa shape index (κ1) is 25.4. The van der Waals surface area contributed by atoms with Crippen molar-refractivity contribution in [2.45, 2.75) is 25.7 Å². The van der Waals surface area contributed by atoms with Crippen molar-refractivity contribution in [1.82, 2.24) is 4.90 Å². The van der Waals surface area contributed by atoms with E-state index in [2.05, 4.69) is 37.0 Å². The lowest BCUT2D eigenvalue weighted by Gasteiger charge is -2.36. The lowest BCUT2D eigenvalue weighted by atomic mass is 10.1. The number of nitrogens with two attached hydrogens (primary N) is 1. The highest BCUT2D eigenvalue weighted by Crippen LogP contribution is 2.30. The Labute approximate surface area is 209 Å². The van der Waals surface area contributed by atoms with Crippen LogP contribution < -0.4 is 20.7 Å². The molecule has 6 nitrogen and oxygen atoms in total. The fourth-order valence-electron chi connectivity index (χ4n) is 3.77. The van der Waals surface area contributed by atoms with E-state index in [1.54, 1.807) is 0 Å². The van der Waals surface area contributed by atoms with Crippen LogP contribution in [0.4, 0.5) is 24.5 Å². The predicted octanol–water partition coefficient (Wildman–Crippen LogP) is 4.66. The van der Waals surface area contributed by atoms with E-state index < -0.39 is 6.36 Å². The lowest BCUT2D eigenvalue weighted by Crippen LogP contribution is -2.47. The number of nitrogens with zero attached hydrogens (tertiary/aromatic N) is 3. The molecule has 0 radical (unpaired) electrons. The summed E-state index contributed by atoms with van der Waals surface area (Å²) in [5, 5.41) is 2.87. The number of guanidine groups is 1. The molecule has 33 heavy (non-hydrogen) atoms. The summed E-state index contributed by atoms with van der Waals surface area (Å²) >= 11 is 0. The van der Waals surface area contributed by atoms with Crippen LogP contribution in [-0.2, 0) is 6.54 Å². The number of hydrogen-bond donors (Lipinski definition) is 2. The number of anilines is 2. The fourth-order valence-corrected chi connectivity index (χ4v) is 3.77. The highest BCUT2D eigenvalue weighted by molar-refractivity contribution is 14.0. The Morgan fingerprint density at radius 2 is 1.64 bits per heavy atom. The zero-order chi connectivity index (χ0) is 22.6. The number of aliphatic imine (C=N–C) groups is 1. The Morgan fingerprint density at radius 3 is 2.21 bits per heavy atom. The molecule has 1 aliphatic heterocycles. The first-order chi connectivity index (χ1) is 15.3. The maximum Gasteiger partial charge on any atom is 0.573 e. The highest BCUT2D eigenvalue weighted by atomic mass is 127. The zero-order valence-corrected chi connectivity index (χ0v) is 20.6. The van der Waals surface area contributed by atoms with Gasteiger partial charge in [-0.25, -0.2) is 4.99 Å². The molecule has 1 heterocycles. The molecule has 0 aromatic heterocycles. The number of nitrogens with one attached hydrogen (secondary N) is 1. The summed E-state index contributed by atoms with van der Waals surface area (Å²) in [4.78, 5) is 9.30. The van der Waals surface area contributed by atoms with Crippen molar-refractivity contribution >= 4 is 41.3 Å². The van der Waals surface area contributed by atoms with Crippen LogP contribution in [0, 0.1) is 5.92 Å². The molecule has 3 N–H and O–H groups in total. The summed E-state index contributed by atoms with van der Waals surface area (Å²) in [5.41, 5.74) is 8.68. The summed E-state index contributed by atoms with van der Waals surface area (Å²) in [6, 6.07) is 13.7. The van der Waals surface area contributed by atoms with Gasteiger partial charge < -0.3 is 20.7 Å². The van der Waals surface area contributed by atoms with E-state index in [0.29, 0.717) is 12.2 Å². The van der Waals surface area contributed by atoms with E-state index in [1.165, 1.54) is 49.3 Å². The molecule has 2 aromatic carbocycles. The standard InChI is InChI=1S/C23H28F3N5O.HI/c24-23(25,26)32-21-9-5-19(6-10-21)29-22(27)28-15-17-3-7-20(8-4-17)31-13-11-30(12-14-31)16-18-1-2-18;/h3-10,18H,1-2,11-16H2,(H3,27,28,29);1H. The monoisotopic (exact) mass is 575 g/mol. The smallest absolute Gasteiger partial charge is 0.406 e. The number of ether oxygens (including phenoxy) is 1. The van der Waals surface area contributed by atoms with Gasteiger partial charge in [-0.3, -0.25) is 4.90 Å². The van der Waals surface area contributed by atoms with Crippen LogP contribution >= 0.6 is 24.0 Å². The second-order valence-electron chi connectivity index (χ2n) is 8.30. The van der Waals surface area contributed by atoms with Gasteiger partial charge in [0, 0.05) is 44.1 Å². The molecule has 2 aromatic rings. The molecule has 10 heteroatoms. The molecular weight excluding hydrogens is 546 g/mol. The number of alkyl halides is 3. The number of rotatable bonds is 7. The number of piperazine rings is 1. The lowest BCUT2D eigenvalue weighted by molar-refractivity contribution is -0.274. The number of benzene rings is 2. The SMILES string of the molecule is I.NC(=NCc1ccc(N2CCN(CC3CC3)CC2)cc1)Nc1ccc(OC(F)(F)F)cc1. The molecule has 0 unspecified atom stereocenters. The van der Waals surface area contributed by atoms with Gasteiger partial charge in [-0.1, -0.05) is 12.1 Å². The summed E-state index contributed by atoms with van der Waals surface area (Å²) in [6.45, 7) is 6.00. The normalized spacial score (nSPS) is 17.4. The quantitative estimate of drug-likeness (QED) is 0.286. The van der Waals surface area contributed by atoms with E-state index in [-0.39, 0.29) is 35.7 Å². The van der Waals surface area contributed by atoms with Crippen LogP contribution in [0.5, 0.6) is 5.75 Å². The van der Waals surface area contributed by atoms with Gasteiger partial charge >= 0.3 is 6.36 Å². The van der Waals surface area contributed by atoms with Crippen molar-refractivity contribution in [2.75, 3.05) is 42.9 Å². The van der Waals surface area contributed by atoms with E-state index in [1.807, 2.05) is 12.1 Å². The summed E-state index contributed by atoms with van der Waals surface area (Å²) in [7, 11) is 0. The van der Waals surface area contributed by atoms with Gasteiger partial charge in [0.05, 0.1) is 6.54 Å². The topological polar surface area (TPSA) is 66.1 Å². The Bertz CT molecular complexity index is 909. The molecule has 0 atom stereocenters.